The predicted octanol–water partition coefficient (Wildman–Crippen LogP) is 4.70. The Morgan fingerprint density at radius 2 is 1.74 bits per heavy atom. The first-order valence-electron chi connectivity index (χ1n) is 9.98. The minimum Gasteiger partial charge on any atom is -0.496 e. The van der Waals surface area contributed by atoms with Gasteiger partial charge in [0.25, 0.3) is 0 Å². The number of benzene rings is 3. The summed E-state index contributed by atoms with van der Waals surface area (Å²) in [5.74, 6) is 0.573. The van der Waals surface area contributed by atoms with E-state index < -0.39 is 17.1 Å². The zero-order valence-electron chi connectivity index (χ0n) is 17.1. The van der Waals surface area contributed by atoms with Gasteiger partial charge in [0.15, 0.2) is 17.0 Å². The predicted molar refractivity (Wildman–Crippen MR) is 119 cm³/mol. The van der Waals surface area contributed by atoms with Gasteiger partial charge >= 0.3 is 0 Å². The van der Waals surface area contributed by atoms with Crippen LogP contribution in [0.2, 0.25) is 0 Å². The average molecular weight is 481 g/mol. The van der Waals surface area contributed by atoms with E-state index in [2.05, 4.69) is 15.9 Å². The topological polar surface area (TPSA) is 65.0 Å². The van der Waals surface area contributed by atoms with Crippen LogP contribution >= 0.6 is 15.9 Å². The number of ketones is 1. The van der Waals surface area contributed by atoms with Crippen LogP contribution in [0, 0.1) is 0 Å². The fourth-order valence-corrected chi connectivity index (χ4v) is 5.33. The molecule has 31 heavy (non-hydrogen) atoms. The van der Waals surface area contributed by atoms with Crippen molar-refractivity contribution >= 4 is 21.7 Å². The lowest BCUT2D eigenvalue weighted by Gasteiger charge is -2.39. The largest absolute Gasteiger partial charge is 0.496 e. The van der Waals surface area contributed by atoms with Crippen LogP contribution in [-0.2, 0) is 16.0 Å². The van der Waals surface area contributed by atoms with Gasteiger partial charge in [-0.15, -0.1) is 0 Å². The molecule has 3 unspecified atom stereocenters. The molecule has 1 saturated carbocycles. The molecule has 0 radical (unpaired) electrons. The quantitative estimate of drug-likeness (QED) is 0.586. The number of rotatable bonds is 4. The monoisotopic (exact) mass is 480 g/mol. The van der Waals surface area contributed by atoms with E-state index in [4.69, 9.17) is 14.2 Å². The van der Waals surface area contributed by atoms with Crippen LogP contribution < -0.4 is 14.2 Å². The number of methoxy groups -OCH3 is 2. The van der Waals surface area contributed by atoms with E-state index in [-0.39, 0.29) is 12.2 Å². The number of fused-ring (bicyclic) bond motifs is 3. The summed E-state index contributed by atoms with van der Waals surface area (Å²) in [6, 6.07) is 20.6. The Hall–Kier alpha value is -2.83. The molecule has 0 bridgehead atoms. The highest BCUT2D eigenvalue weighted by molar-refractivity contribution is 9.10. The van der Waals surface area contributed by atoms with Crippen molar-refractivity contribution in [3.8, 4) is 17.2 Å². The van der Waals surface area contributed by atoms with Crippen molar-refractivity contribution in [2.45, 2.75) is 23.5 Å². The first-order chi connectivity index (χ1) is 15.0. The SMILES string of the molecule is COc1cc(OC)c2c(c1)OC1(c3ccc(Br)cc3)C(c3ccccc3)CC(=O)C21O. The highest BCUT2D eigenvalue weighted by Gasteiger charge is 2.74. The Morgan fingerprint density at radius 1 is 1.03 bits per heavy atom. The number of carbonyl (C=O) groups is 1. The van der Waals surface area contributed by atoms with Gasteiger partial charge in [-0.1, -0.05) is 58.4 Å². The van der Waals surface area contributed by atoms with Crippen LogP contribution in [0.3, 0.4) is 0 Å². The van der Waals surface area contributed by atoms with Crippen molar-refractivity contribution in [1.82, 2.24) is 0 Å². The van der Waals surface area contributed by atoms with Crippen molar-refractivity contribution in [3.63, 3.8) is 0 Å². The van der Waals surface area contributed by atoms with Crippen molar-refractivity contribution in [2.24, 2.45) is 0 Å². The fourth-order valence-electron chi connectivity index (χ4n) is 5.07. The summed E-state index contributed by atoms with van der Waals surface area (Å²) in [7, 11) is 3.06. The second-order valence-electron chi connectivity index (χ2n) is 7.85. The van der Waals surface area contributed by atoms with E-state index in [0.717, 1.165) is 15.6 Å². The molecule has 1 heterocycles. The summed E-state index contributed by atoms with van der Waals surface area (Å²) in [5, 5.41) is 12.2. The molecule has 1 aliphatic carbocycles. The summed E-state index contributed by atoms with van der Waals surface area (Å²) in [5.41, 5.74) is -1.26. The van der Waals surface area contributed by atoms with Crippen LogP contribution in [-0.4, -0.2) is 25.1 Å². The Labute approximate surface area is 188 Å². The second-order valence-corrected chi connectivity index (χ2v) is 8.76. The number of hydrogen-bond donors (Lipinski definition) is 1. The van der Waals surface area contributed by atoms with Crippen LogP contribution in [0.5, 0.6) is 17.2 Å². The molecular weight excluding hydrogens is 460 g/mol. The van der Waals surface area contributed by atoms with E-state index in [9.17, 15) is 9.90 Å². The first kappa shape index (κ1) is 20.1. The summed E-state index contributed by atoms with van der Waals surface area (Å²) >= 11 is 3.47. The maximum atomic E-state index is 13.6. The molecule has 2 aliphatic rings. The lowest BCUT2D eigenvalue weighted by Crippen LogP contribution is -2.50. The molecule has 5 nitrogen and oxygen atoms in total. The van der Waals surface area contributed by atoms with E-state index >= 15 is 0 Å². The van der Waals surface area contributed by atoms with Crippen molar-refractivity contribution in [3.05, 3.63) is 87.9 Å². The fraction of sp³-hybridized carbons (Fsp3) is 0.240. The van der Waals surface area contributed by atoms with Crippen LogP contribution in [0.4, 0.5) is 0 Å². The van der Waals surface area contributed by atoms with Gasteiger partial charge in [0, 0.05) is 28.9 Å². The van der Waals surface area contributed by atoms with Crippen LogP contribution in [0.25, 0.3) is 0 Å². The lowest BCUT2D eigenvalue weighted by molar-refractivity contribution is -0.151. The van der Waals surface area contributed by atoms with Gasteiger partial charge in [-0.3, -0.25) is 4.79 Å². The summed E-state index contributed by atoms with van der Waals surface area (Å²) in [4.78, 5) is 13.6. The second kappa shape index (κ2) is 7.11. The molecule has 3 aromatic rings. The standard InChI is InChI=1S/C25H21BrO5/c1-29-18-12-20(30-2)23-21(13-18)31-25(16-8-10-17(26)11-9-16)19(14-22(27)24(23,25)28)15-6-4-3-5-7-15/h3-13,19,28H,14H2,1-2H3. The summed E-state index contributed by atoms with van der Waals surface area (Å²) < 4.78 is 18.5. The van der Waals surface area contributed by atoms with Crippen molar-refractivity contribution in [1.29, 1.82) is 0 Å². The number of hydrogen-bond acceptors (Lipinski definition) is 5. The highest BCUT2D eigenvalue weighted by Crippen LogP contribution is 2.67. The third kappa shape index (κ3) is 2.61. The van der Waals surface area contributed by atoms with Crippen LogP contribution in [0.15, 0.2) is 71.2 Å². The molecule has 0 amide bonds. The van der Waals surface area contributed by atoms with Gasteiger partial charge in [0.05, 0.1) is 19.8 Å². The molecule has 3 aromatic carbocycles. The Morgan fingerprint density at radius 3 is 2.39 bits per heavy atom. The molecule has 6 heteroatoms. The molecular formula is C25H21BrO5. The first-order valence-corrected chi connectivity index (χ1v) is 10.8. The van der Waals surface area contributed by atoms with E-state index in [1.165, 1.54) is 7.11 Å². The molecule has 158 valence electrons. The molecule has 3 atom stereocenters. The van der Waals surface area contributed by atoms with Gasteiger partial charge in [-0.25, -0.2) is 0 Å². The third-order valence-corrected chi connectivity index (χ3v) is 6.95. The van der Waals surface area contributed by atoms with E-state index in [1.807, 2.05) is 54.6 Å². The lowest BCUT2D eigenvalue weighted by atomic mass is 9.71. The molecule has 1 aliphatic heterocycles. The zero-order valence-corrected chi connectivity index (χ0v) is 18.7. The maximum absolute atomic E-state index is 13.6. The summed E-state index contributed by atoms with van der Waals surface area (Å²) in [6.07, 6.45) is 0.144. The normalized spacial score (nSPS) is 26.2. The van der Waals surface area contributed by atoms with E-state index in [1.54, 1.807) is 19.2 Å². The molecule has 0 aromatic heterocycles. The minimum absolute atomic E-state index is 0.144. The average Bonchev–Trinajstić information content (AvgIpc) is 3.19. The van der Waals surface area contributed by atoms with Gasteiger partial charge in [-0.2, -0.15) is 0 Å². The Balaban J connectivity index is 1.83. The maximum Gasteiger partial charge on any atom is 0.200 e. The molecule has 1 N–H and O–H groups in total. The molecule has 0 spiro atoms. The van der Waals surface area contributed by atoms with Crippen molar-refractivity contribution < 1.29 is 24.1 Å². The number of aliphatic hydroxyl groups is 1. The smallest absolute Gasteiger partial charge is 0.200 e. The van der Waals surface area contributed by atoms with Gasteiger partial charge < -0.3 is 19.3 Å². The van der Waals surface area contributed by atoms with Crippen LogP contribution in [0.1, 0.15) is 29.0 Å². The summed E-state index contributed by atoms with van der Waals surface area (Å²) in [6.45, 7) is 0. The number of ether oxygens (including phenoxy) is 3. The highest BCUT2D eigenvalue weighted by atomic mass is 79.9. The molecule has 0 saturated heterocycles. The number of Topliss-reactive ketones (excluding diaryl/α,β-unsaturated/α-hetero) is 1. The zero-order chi connectivity index (χ0) is 21.8. The molecule has 1 fully saturated rings. The Bertz CT molecular complexity index is 1160. The molecule has 5 rings (SSSR count). The number of halogens is 1. The number of carbonyl (C=O) groups excluding carboxylic acids is 1. The minimum atomic E-state index is -1.91. The van der Waals surface area contributed by atoms with E-state index in [0.29, 0.717) is 22.8 Å². The van der Waals surface area contributed by atoms with Gasteiger partial charge in [-0.05, 0) is 23.3 Å². The van der Waals surface area contributed by atoms with Crippen molar-refractivity contribution in [2.75, 3.05) is 14.2 Å². The van der Waals surface area contributed by atoms with Gasteiger partial charge in [0.1, 0.15) is 17.2 Å². The third-order valence-electron chi connectivity index (χ3n) is 6.42. The Kier molecular flexibility index (Phi) is 4.61. The van der Waals surface area contributed by atoms with Gasteiger partial charge in [0.2, 0.25) is 0 Å².